The number of amides is 1. The summed E-state index contributed by atoms with van der Waals surface area (Å²) in [6.45, 7) is 6.05. The van der Waals surface area contributed by atoms with Crippen LogP contribution in [0.25, 0.3) is 0 Å². The first-order chi connectivity index (χ1) is 11.6. The zero-order valence-corrected chi connectivity index (χ0v) is 14.9. The highest BCUT2D eigenvalue weighted by Crippen LogP contribution is 2.30. The number of carbonyl (C=O) groups excluding carboxylic acids is 1. The number of hydrogen-bond donors (Lipinski definition) is 2. The van der Waals surface area contributed by atoms with E-state index >= 15 is 0 Å². The predicted molar refractivity (Wildman–Crippen MR) is 87.4 cm³/mol. The Balaban J connectivity index is 2.60. The molecule has 0 saturated heterocycles. The lowest BCUT2D eigenvalue weighted by molar-refractivity contribution is -0.137. The number of nitrogens with zero attached hydrogens (tertiary/aromatic N) is 1. The van der Waals surface area contributed by atoms with Gasteiger partial charge >= 0.3 is 6.18 Å². The van der Waals surface area contributed by atoms with Gasteiger partial charge in [0.05, 0.1) is 17.0 Å². The van der Waals surface area contributed by atoms with Gasteiger partial charge < -0.3 is 10.2 Å². The monoisotopic (exact) mass is 381 g/mol. The molecule has 0 saturated carbocycles. The first kappa shape index (κ1) is 21.4. The zero-order valence-electron chi connectivity index (χ0n) is 14.1. The smallest absolute Gasteiger partial charge is 0.354 e. The van der Waals surface area contributed by atoms with Crippen LogP contribution in [0.3, 0.4) is 0 Å². The lowest BCUT2D eigenvalue weighted by Crippen LogP contribution is -2.40. The highest BCUT2D eigenvalue weighted by Gasteiger charge is 2.31. The van der Waals surface area contributed by atoms with Crippen LogP contribution >= 0.6 is 0 Å². The van der Waals surface area contributed by atoms with Gasteiger partial charge in [-0.2, -0.15) is 13.2 Å². The Hall–Kier alpha value is -1.65. The van der Waals surface area contributed by atoms with Crippen molar-refractivity contribution in [2.45, 2.75) is 24.9 Å². The summed E-state index contributed by atoms with van der Waals surface area (Å²) in [4.78, 5) is 13.2. The van der Waals surface area contributed by atoms with E-state index in [4.69, 9.17) is 0 Å². The van der Waals surface area contributed by atoms with E-state index in [9.17, 15) is 26.4 Å². The normalized spacial score (nSPS) is 12.4. The van der Waals surface area contributed by atoms with E-state index in [1.54, 1.807) is 0 Å². The molecular formula is C15H22F3N3O3S. The molecule has 0 fully saturated rings. The van der Waals surface area contributed by atoms with Crippen molar-refractivity contribution < 1.29 is 26.4 Å². The molecule has 0 heterocycles. The fourth-order valence-corrected chi connectivity index (χ4v) is 3.07. The number of rotatable bonds is 9. The summed E-state index contributed by atoms with van der Waals surface area (Å²) < 4.78 is 64.0. The Kier molecular flexibility index (Phi) is 7.84. The molecule has 0 radical (unpaired) electrons. The maximum Gasteiger partial charge on any atom is 0.416 e. The van der Waals surface area contributed by atoms with Crippen LogP contribution in [0, 0.1) is 0 Å². The van der Waals surface area contributed by atoms with Gasteiger partial charge in [0.15, 0.2) is 0 Å². The lowest BCUT2D eigenvalue weighted by atomic mass is 10.2. The molecule has 1 amide bonds. The molecule has 6 nitrogen and oxygen atoms in total. The number of hydrogen-bond acceptors (Lipinski definition) is 4. The molecule has 0 atom stereocenters. The molecule has 1 rings (SSSR count). The standard InChI is InChI=1S/C15H22F3N3O3S/c1-3-21(4-2)9-8-19-14(22)11-20-25(23,24)13-7-5-6-12(10-13)15(16,17)18/h5-7,10,20H,3-4,8-9,11H2,1-2H3,(H,19,22). The first-order valence-electron chi connectivity index (χ1n) is 7.76. The van der Waals surface area contributed by atoms with Crippen LogP contribution in [0.15, 0.2) is 29.2 Å². The van der Waals surface area contributed by atoms with Crippen molar-refractivity contribution in [3.05, 3.63) is 29.8 Å². The van der Waals surface area contributed by atoms with E-state index in [0.29, 0.717) is 19.2 Å². The third kappa shape index (κ3) is 7.00. The summed E-state index contributed by atoms with van der Waals surface area (Å²) in [5, 5.41) is 2.55. The van der Waals surface area contributed by atoms with Gasteiger partial charge in [-0.3, -0.25) is 4.79 Å². The number of nitrogens with one attached hydrogen (secondary N) is 2. The topological polar surface area (TPSA) is 78.5 Å². The molecule has 0 aromatic heterocycles. The van der Waals surface area contributed by atoms with Gasteiger partial charge in [0.25, 0.3) is 0 Å². The van der Waals surface area contributed by atoms with Gasteiger partial charge in [0.1, 0.15) is 0 Å². The van der Waals surface area contributed by atoms with Crippen molar-refractivity contribution in [3.63, 3.8) is 0 Å². The lowest BCUT2D eigenvalue weighted by Gasteiger charge is -2.18. The minimum absolute atomic E-state index is 0.353. The minimum Gasteiger partial charge on any atom is -0.354 e. The van der Waals surface area contributed by atoms with Gasteiger partial charge in [-0.15, -0.1) is 0 Å². The molecular weight excluding hydrogens is 359 g/mol. The first-order valence-corrected chi connectivity index (χ1v) is 9.24. The maximum atomic E-state index is 12.6. The highest BCUT2D eigenvalue weighted by molar-refractivity contribution is 7.89. The van der Waals surface area contributed by atoms with E-state index in [1.165, 1.54) is 0 Å². The van der Waals surface area contributed by atoms with Gasteiger partial charge in [0.2, 0.25) is 15.9 Å². The molecule has 0 unspecified atom stereocenters. The largest absolute Gasteiger partial charge is 0.416 e. The highest BCUT2D eigenvalue weighted by atomic mass is 32.2. The van der Waals surface area contributed by atoms with Crippen molar-refractivity contribution in [1.29, 1.82) is 0 Å². The minimum atomic E-state index is -4.65. The van der Waals surface area contributed by atoms with Crippen LogP contribution in [-0.2, 0) is 21.0 Å². The summed E-state index contributed by atoms with van der Waals surface area (Å²) in [7, 11) is -4.21. The van der Waals surface area contributed by atoms with Gasteiger partial charge in [-0.25, -0.2) is 13.1 Å². The van der Waals surface area contributed by atoms with Crippen LogP contribution in [0.1, 0.15) is 19.4 Å². The van der Waals surface area contributed by atoms with Gasteiger partial charge in [-0.1, -0.05) is 19.9 Å². The van der Waals surface area contributed by atoms with E-state index in [-0.39, 0.29) is 0 Å². The van der Waals surface area contributed by atoms with E-state index in [2.05, 4.69) is 10.2 Å². The SMILES string of the molecule is CCN(CC)CCNC(=O)CNS(=O)(=O)c1cccc(C(F)(F)F)c1. The molecule has 25 heavy (non-hydrogen) atoms. The summed E-state index contributed by atoms with van der Waals surface area (Å²) in [5.41, 5.74) is -1.07. The van der Waals surface area contributed by atoms with Crippen molar-refractivity contribution in [1.82, 2.24) is 14.9 Å². The fourth-order valence-electron chi connectivity index (χ4n) is 2.04. The van der Waals surface area contributed by atoms with E-state index in [0.717, 1.165) is 31.3 Å². The summed E-state index contributed by atoms with van der Waals surface area (Å²) in [5.74, 6) is -0.553. The zero-order chi connectivity index (χ0) is 19.1. The second-order valence-corrected chi connectivity index (χ2v) is 6.99. The van der Waals surface area contributed by atoms with Crippen LogP contribution in [0.2, 0.25) is 0 Å². The Morgan fingerprint density at radius 1 is 1.20 bits per heavy atom. The number of sulfonamides is 1. The average molecular weight is 381 g/mol. The molecule has 0 aliphatic rings. The molecule has 1 aromatic rings. The average Bonchev–Trinajstić information content (AvgIpc) is 2.56. The Bertz CT molecular complexity index is 674. The Labute approximate surface area is 145 Å². The Morgan fingerprint density at radius 2 is 1.84 bits per heavy atom. The predicted octanol–water partition coefficient (Wildman–Crippen LogP) is 1.44. The third-order valence-corrected chi connectivity index (χ3v) is 4.94. The summed E-state index contributed by atoms with van der Waals surface area (Å²) in [6, 6.07) is 3.34. The molecule has 142 valence electrons. The molecule has 0 bridgehead atoms. The number of alkyl halides is 3. The van der Waals surface area contributed by atoms with Crippen molar-refractivity contribution in [3.8, 4) is 0 Å². The third-order valence-electron chi connectivity index (χ3n) is 3.54. The van der Waals surface area contributed by atoms with Crippen molar-refractivity contribution >= 4 is 15.9 Å². The maximum absolute atomic E-state index is 12.6. The van der Waals surface area contributed by atoms with Crippen LogP contribution in [-0.4, -0.2) is 51.9 Å². The number of halogens is 3. The van der Waals surface area contributed by atoms with Crippen LogP contribution in [0.5, 0.6) is 0 Å². The van der Waals surface area contributed by atoms with Crippen LogP contribution in [0.4, 0.5) is 13.2 Å². The number of likely N-dealkylation sites (N-methyl/N-ethyl adjacent to an activating group) is 1. The summed E-state index contributed by atoms with van der Waals surface area (Å²) >= 11 is 0. The van der Waals surface area contributed by atoms with Gasteiger partial charge in [-0.05, 0) is 31.3 Å². The molecule has 0 aliphatic heterocycles. The fraction of sp³-hybridized carbons (Fsp3) is 0.533. The molecule has 0 spiro atoms. The van der Waals surface area contributed by atoms with Crippen LogP contribution < -0.4 is 10.0 Å². The van der Waals surface area contributed by atoms with Crippen molar-refractivity contribution in [2.24, 2.45) is 0 Å². The number of carbonyl (C=O) groups is 1. The number of benzene rings is 1. The second-order valence-electron chi connectivity index (χ2n) is 5.23. The molecule has 1 aromatic carbocycles. The second kappa shape index (κ2) is 9.16. The van der Waals surface area contributed by atoms with E-state index in [1.807, 2.05) is 18.6 Å². The molecule has 10 heteroatoms. The molecule has 0 aliphatic carbocycles. The van der Waals surface area contributed by atoms with Gasteiger partial charge in [0, 0.05) is 13.1 Å². The van der Waals surface area contributed by atoms with E-state index < -0.39 is 39.1 Å². The quantitative estimate of drug-likeness (QED) is 0.679. The Morgan fingerprint density at radius 3 is 2.40 bits per heavy atom. The molecule has 2 N–H and O–H groups in total. The van der Waals surface area contributed by atoms with Crippen molar-refractivity contribution in [2.75, 3.05) is 32.7 Å². The summed E-state index contributed by atoms with van der Waals surface area (Å²) in [6.07, 6.45) is -4.65.